The third kappa shape index (κ3) is 2.70. The summed E-state index contributed by atoms with van der Waals surface area (Å²) in [5, 5.41) is 0. The highest BCUT2D eigenvalue weighted by Crippen LogP contribution is 2.23. The van der Waals surface area contributed by atoms with Crippen LogP contribution in [0.2, 0.25) is 19.6 Å². The van der Waals surface area contributed by atoms with Crippen molar-refractivity contribution in [2.75, 3.05) is 0 Å². The van der Waals surface area contributed by atoms with Crippen LogP contribution in [0.4, 0.5) is 13.2 Å². The highest BCUT2D eigenvalue weighted by atomic mass is 28.3. The number of alkyl halides is 3. The molecule has 0 saturated heterocycles. The Morgan fingerprint density at radius 2 is 1.60 bits per heavy atom. The van der Waals surface area contributed by atoms with Gasteiger partial charge in [0.2, 0.25) is 0 Å². The first-order chi connectivity index (χ1) is 4.15. The molecule has 0 aliphatic carbocycles. The van der Waals surface area contributed by atoms with E-state index in [4.69, 9.17) is 0 Å². The molecule has 2 N–H and O–H groups in total. The maximum Gasteiger partial charge on any atom is 0.327 e. The lowest BCUT2D eigenvalue weighted by atomic mass is 10.6. The van der Waals surface area contributed by atoms with Crippen LogP contribution < -0.4 is 5.73 Å². The van der Waals surface area contributed by atoms with Crippen LogP contribution in [0.25, 0.3) is 0 Å². The van der Waals surface area contributed by atoms with Crippen LogP contribution in [0.15, 0.2) is 0 Å². The van der Waals surface area contributed by atoms with Gasteiger partial charge in [-0.25, -0.2) is 4.39 Å². The van der Waals surface area contributed by atoms with Crippen molar-refractivity contribution in [2.45, 2.75) is 31.5 Å². The van der Waals surface area contributed by atoms with Crippen LogP contribution in [0.3, 0.4) is 0 Å². The third-order valence-electron chi connectivity index (χ3n) is 1.10. The molecule has 0 rings (SSSR count). The molecule has 0 aliphatic rings. The van der Waals surface area contributed by atoms with E-state index in [2.05, 4.69) is 5.73 Å². The van der Waals surface area contributed by atoms with Crippen LogP contribution in [-0.2, 0) is 0 Å². The van der Waals surface area contributed by atoms with Gasteiger partial charge < -0.3 is 0 Å². The predicted molar refractivity (Wildman–Crippen MR) is 37.4 cm³/mol. The van der Waals surface area contributed by atoms with E-state index in [1.165, 1.54) is 19.6 Å². The second kappa shape index (κ2) is 2.54. The topological polar surface area (TPSA) is 26.0 Å². The molecule has 62 valence electrons. The van der Waals surface area contributed by atoms with Crippen molar-refractivity contribution >= 4 is 8.07 Å². The summed E-state index contributed by atoms with van der Waals surface area (Å²) in [6.45, 7) is 4.54. The zero-order valence-corrected chi connectivity index (χ0v) is 7.29. The number of hydrogen-bond acceptors (Lipinski definition) is 1. The molecule has 0 spiro atoms. The van der Waals surface area contributed by atoms with Crippen molar-refractivity contribution in [1.29, 1.82) is 0 Å². The van der Waals surface area contributed by atoms with Crippen LogP contribution in [0, 0.1) is 0 Å². The van der Waals surface area contributed by atoms with Crippen LogP contribution in [-0.4, -0.2) is 19.9 Å². The van der Waals surface area contributed by atoms with Gasteiger partial charge in [-0.2, -0.15) is 8.78 Å². The van der Waals surface area contributed by atoms with Gasteiger partial charge in [0, 0.05) is 0 Å². The monoisotopic (exact) mass is 171 g/mol. The molecule has 0 radical (unpaired) electrons. The number of halogens is 3. The van der Waals surface area contributed by atoms with Crippen molar-refractivity contribution in [1.82, 2.24) is 0 Å². The minimum Gasteiger partial charge on any atom is -0.270 e. The summed E-state index contributed by atoms with van der Waals surface area (Å²) in [6.07, 6.45) is 0. The lowest BCUT2D eigenvalue weighted by molar-refractivity contribution is -0.0381. The molecule has 1 unspecified atom stereocenters. The summed E-state index contributed by atoms with van der Waals surface area (Å²) in [7, 11) is -2.44. The summed E-state index contributed by atoms with van der Waals surface area (Å²) in [4.78, 5) is 0. The largest absolute Gasteiger partial charge is 0.327 e. The molecule has 0 fully saturated rings. The quantitative estimate of drug-likeness (QED) is 0.497. The molecular formula is C5H12F3NSi. The lowest BCUT2D eigenvalue weighted by Gasteiger charge is -2.25. The van der Waals surface area contributed by atoms with Gasteiger partial charge in [0.1, 0.15) is 0 Å². The Hall–Kier alpha value is -0.0331. The first-order valence-corrected chi connectivity index (χ1v) is 6.54. The Bertz CT molecular complexity index is 101. The third-order valence-corrected chi connectivity index (χ3v) is 3.00. The molecule has 0 heterocycles. The van der Waals surface area contributed by atoms with E-state index in [0.29, 0.717) is 0 Å². The summed E-state index contributed by atoms with van der Waals surface area (Å²) >= 11 is 0. The van der Waals surface area contributed by atoms with Crippen molar-refractivity contribution in [2.24, 2.45) is 5.73 Å². The van der Waals surface area contributed by atoms with Crippen molar-refractivity contribution in [3.8, 4) is 0 Å². The lowest BCUT2D eigenvalue weighted by Crippen LogP contribution is -2.52. The molecule has 1 atom stereocenters. The standard InChI is InChI=1S/C5H12F3NSi/c1-10(2,3)4(6)5(7,8)9/h4H,9H2,1-3H3. The summed E-state index contributed by atoms with van der Waals surface area (Å²) in [5.41, 5.74) is 4.29. The van der Waals surface area contributed by atoms with E-state index >= 15 is 0 Å². The average Bonchev–Trinajstić information content (AvgIpc) is 1.59. The SMILES string of the molecule is C[Si](C)(C)C(F)C(N)(F)F. The van der Waals surface area contributed by atoms with Crippen molar-refractivity contribution in [3.63, 3.8) is 0 Å². The molecule has 10 heavy (non-hydrogen) atoms. The normalized spacial score (nSPS) is 17.1. The molecule has 0 aromatic heterocycles. The molecule has 5 heteroatoms. The van der Waals surface area contributed by atoms with E-state index in [-0.39, 0.29) is 0 Å². The van der Waals surface area contributed by atoms with E-state index in [1.54, 1.807) is 0 Å². The molecule has 0 amide bonds. The fourth-order valence-electron chi connectivity index (χ4n) is 0.577. The highest BCUT2D eigenvalue weighted by Gasteiger charge is 2.44. The van der Waals surface area contributed by atoms with E-state index in [0.717, 1.165) is 0 Å². The average molecular weight is 171 g/mol. The molecule has 0 saturated carbocycles. The van der Waals surface area contributed by atoms with Crippen LogP contribution in [0.5, 0.6) is 0 Å². The van der Waals surface area contributed by atoms with Gasteiger partial charge in [-0.1, -0.05) is 19.6 Å². The van der Waals surface area contributed by atoms with Gasteiger partial charge in [0.05, 0.1) is 8.07 Å². The summed E-state index contributed by atoms with van der Waals surface area (Å²) < 4.78 is 36.7. The molecule has 0 aromatic carbocycles. The van der Waals surface area contributed by atoms with E-state index in [9.17, 15) is 13.2 Å². The van der Waals surface area contributed by atoms with Crippen LogP contribution >= 0.6 is 0 Å². The fourth-order valence-corrected chi connectivity index (χ4v) is 1.73. The first-order valence-electron chi connectivity index (χ1n) is 2.96. The number of nitrogens with two attached hydrogens (primary N) is 1. The highest BCUT2D eigenvalue weighted by molar-refractivity contribution is 6.77. The summed E-state index contributed by atoms with van der Waals surface area (Å²) in [6, 6.07) is -3.66. The van der Waals surface area contributed by atoms with Gasteiger partial charge in [0.15, 0.2) is 5.79 Å². The van der Waals surface area contributed by atoms with E-state index in [1.807, 2.05) is 0 Å². The van der Waals surface area contributed by atoms with Gasteiger partial charge in [-0.15, -0.1) is 0 Å². The Morgan fingerprint density at radius 3 is 1.60 bits per heavy atom. The Morgan fingerprint density at radius 1 is 1.30 bits per heavy atom. The summed E-state index contributed by atoms with van der Waals surface area (Å²) in [5.74, 6) is -2.15. The molecule has 0 aliphatic heterocycles. The molecule has 0 bridgehead atoms. The number of rotatable bonds is 2. The minimum absolute atomic E-state index is 1.51. The second-order valence-electron chi connectivity index (χ2n) is 3.40. The molecule has 0 aromatic rings. The van der Waals surface area contributed by atoms with Crippen LogP contribution in [0.1, 0.15) is 0 Å². The van der Waals surface area contributed by atoms with Crippen molar-refractivity contribution in [3.05, 3.63) is 0 Å². The van der Waals surface area contributed by atoms with Gasteiger partial charge in [0.25, 0.3) is 0 Å². The smallest absolute Gasteiger partial charge is 0.270 e. The maximum absolute atomic E-state index is 12.6. The molecule has 1 nitrogen and oxygen atoms in total. The zero-order valence-electron chi connectivity index (χ0n) is 6.29. The Labute approximate surface area is 59.4 Å². The number of hydrogen-bond donors (Lipinski definition) is 1. The van der Waals surface area contributed by atoms with Crippen molar-refractivity contribution < 1.29 is 13.2 Å². The van der Waals surface area contributed by atoms with Gasteiger partial charge in [-0.05, 0) is 0 Å². The van der Waals surface area contributed by atoms with Gasteiger partial charge >= 0.3 is 6.05 Å². The Balaban J connectivity index is 4.23. The van der Waals surface area contributed by atoms with Gasteiger partial charge in [-0.3, -0.25) is 5.73 Å². The zero-order chi connectivity index (χ0) is 8.58. The fraction of sp³-hybridized carbons (Fsp3) is 1.00. The first kappa shape index (κ1) is 9.97. The minimum atomic E-state index is -3.66. The Kier molecular flexibility index (Phi) is 2.53. The second-order valence-corrected chi connectivity index (χ2v) is 8.64. The maximum atomic E-state index is 12.6. The molecular weight excluding hydrogens is 159 g/mol. The predicted octanol–water partition coefficient (Wildman–Crippen LogP) is 1.75. The van der Waals surface area contributed by atoms with E-state index < -0.39 is 19.9 Å².